The van der Waals surface area contributed by atoms with E-state index in [-0.39, 0.29) is 11.9 Å². The van der Waals surface area contributed by atoms with Gasteiger partial charge in [-0.05, 0) is 26.5 Å². The quantitative estimate of drug-likeness (QED) is 0.745. The van der Waals surface area contributed by atoms with Gasteiger partial charge in [0.1, 0.15) is 5.82 Å². The van der Waals surface area contributed by atoms with E-state index >= 15 is 0 Å². The van der Waals surface area contributed by atoms with Gasteiger partial charge in [0.25, 0.3) is 0 Å². The molecule has 0 amide bonds. The van der Waals surface area contributed by atoms with E-state index in [1.54, 1.807) is 6.07 Å². The van der Waals surface area contributed by atoms with Gasteiger partial charge in [0, 0.05) is 18.0 Å². The highest BCUT2D eigenvalue weighted by atomic mass is 19.1. The molecule has 0 radical (unpaired) electrons. The third-order valence-corrected chi connectivity index (χ3v) is 2.36. The summed E-state index contributed by atoms with van der Waals surface area (Å²) in [6, 6.07) is 6.92. The lowest BCUT2D eigenvalue weighted by Gasteiger charge is -2.15. The summed E-state index contributed by atoms with van der Waals surface area (Å²) in [6.07, 6.45) is 1.62. The molecule has 80 valence electrons. The molecule has 0 aliphatic rings. The van der Waals surface area contributed by atoms with E-state index in [9.17, 15) is 4.39 Å². The van der Waals surface area contributed by atoms with Crippen molar-refractivity contribution < 1.29 is 4.39 Å². The van der Waals surface area contributed by atoms with Gasteiger partial charge in [0.2, 0.25) is 0 Å². The monoisotopic (exact) mass is 205 g/mol. The smallest absolute Gasteiger partial charge is 0.127 e. The van der Waals surface area contributed by atoms with Crippen LogP contribution in [0.4, 0.5) is 4.39 Å². The summed E-state index contributed by atoms with van der Waals surface area (Å²) < 4.78 is 13.5. The van der Waals surface area contributed by atoms with Crippen LogP contribution in [0, 0.1) is 17.7 Å². The van der Waals surface area contributed by atoms with Crippen molar-refractivity contribution in [2.45, 2.75) is 25.8 Å². The van der Waals surface area contributed by atoms with Crippen LogP contribution in [0.15, 0.2) is 24.3 Å². The van der Waals surface area contributed by atoms with Crippen LogP contribution >= 0.6 is 0 Å². The minimum atomic E-state index is -0.152. The molecule has 0 spiro atoms. The number of rotatable bonds is 4. The second-order valence-corrected chi connectivity index (χ2v) is 3.33. The van der Waals surface area contributed by atoms with Gasteiger partial charge in [0.05, 0.1) is 0 Å². The lowest BCUT2D eigenvalue weighted by atomic mass is 10.0. The molecule has 1 unspecified atom stereocenters. The molecular formula is C13H16FN. The van der Waals surface area contributed by atoms with Crippen molar-refractivity contribution in [1.29, 1.82) is 0 Å². The van der Waals surface area contributed by atoms with E-state index in [1.165, 1.54) is 6.07 Å². The van der Waals surface area contributed by atoms with Crippen molar-refractivity contribution in [3.05, 3.63) is 35.6 Å². The number of nitrogens with one attached hydrogen (secondary N) is 1. The highest BCUT2D eigenvalue weighted by Gasteiger charge is 2.11. The Hall–Kier alpha value is -1.33. The predicted octanol–water partition coefficient (Wildman–Crippen LogP) is 2.89. The summed E-state index contributed by atoms with van der Waals surface area (Å²) in [5.74, 6) is 5.68. The van der Waals surface area contributed by atoms with Gasteiger partial charge >= 0.3 is 0 Å². The highest BCUT2D eigenvalue weighted by Crippen LogP contribution is 2.20. The first-order valence-electron chi connectivity index (χ1n) is 5.11. The summed E-state index contributed by atoms with van der Waals surface area (Å²) in [5.41, 5.74) is 0.720. The molecule has 1 atom stereocenters. The maximum atomic E-state index is 13.5. The van der Waals surface area contributed by atoms with Gasteiger partial charge in [-0.1, -0.05) is 18.2 Å². The van der Waals surface area contributed by atoms with Crippen molar-refractivity contribution in [1.82, 2.24) is 5.32 Å². The van der Waals surface area contributed by atoms with Gasteiger partial charge < -0.3 is 5.32 Å². The molecule has 2 heteroatoms. The van der Waals surface area contributed by atoms with Crippen LogP contribution in [0.5, 0.6) is 0 Å². The summed E-state index contributed by atoms with van der Waals surface area (Å²) in [7, 11) is 1.84. The molecule has 0 saturated carbocycles. The van der Waals surface area contributed by atoms with Gasteiger partial charge in [-0.2, -0.15) is 0 Å². The van der Waals surface area contributed by atoms with E-state index in [4.69, 9.17) is 0 Å². The lowest BCUT2D eigenvalue weighted by molar-refractivity contribution is 0.514. The zero-order valence-electron chi connectivity index (χ0n) is 9.18. The van der Waals surface area contributed by atoms with Crippen LogP contribution in [0.1, 0.15) is 31.4 Å². The van der Waals surface area contributed by atoms with E-state index in [0.717, 1.165) is 18.4 Å². The number of hydrogen-bond donors (Lipinski definition) is 1. The molecule has 0 aliphatic carbocycles. The van der Waals surface area contributed by atoms with Crippen molar-refractivity contribution in [2.24, 2.45) is 0 Å². The van der Waals surface area contributed by atoms with E-state index < -0.39 is 0 Å². The van der Waals surface area contributed by atoms with Crippen LogP contribution in [-0.2, 0) is 0 Å². The first kappa shape index (κ1) is 11.7. The fourth-order valence-electron chi connectivity index (χ4n) is 1.55. The Morgan fingerprint density at radius 2 is 2.13 bits per heavy atom. The summed E-state index contributed by atoms with van der Waals surface area (Å²) >= 11 is 0. The second-order valence-electron chi connectivity index (χ2n) is 3.33. The van der Waals surface area contributed by atoms with Crippen LogP contribution in [-0.4, -0.2) is 7.05 Å². The molecule has 0 bridgehead atoms. The van der Waals surface area contributed by atoms with Gasteiger partial charge in [-0.15, -0.1) is 11.8 Å². The molecule has 15 heavy (non-hydrogen) atoms. The standard InChI is InChI=1S/C13H16FN/c1-3-4-5-10-13(15-2)11-8-6-7-9-12(11)14/h6-9,13,15H,5,10H2,1-2H3. The maximum absolute atomic E-state index is 13.5. The Bertz CT molecular complexity index is 362. The summed E-state index contributed by atoms with van der Waals surface area (Å²) in [4.78, 5) is 0. The molecule has 0 fully saturated rings. The van der Waals surface area contributed by atoms with Crippen molar-refractivity contribution in [3.8, 4) is 11.8 Å². The predicted molar refractivity (Wildman–Crippen MR) is 60.9 cm³/mol. The Balaban J connectivity index is 2.72. The van der Waals surface area contributed by atoms with Crippen LogP contribution in [0.3, 0.4) is 0 Å². The Morgan fingerprint density at radius 3 is 2.73 bits per heavy atom. The molecule has 0 aliphatic heterocycles. The minimum Gasteiger partial charge on any atom is -0.313 e. The number of benzene rings is 1. The first-order chi connectivity index (χ1) is 7.29. The molecule has 0 heterocycles. The first-order valence-corrected chi connectivity index (χ1v) is 5.11. The molecule has 1 aromatic carbocycles. The van der Waals surface area contributed by atoms with E-state index in [0.29, 0.717) is 0 Å². The zero-order valence-corrected chi connectivity index (χ0v) is 9.18. The zero-order chi connectivity index (χ0) is 11.1. The molecule has 1 nitrogen and oxygen atoms in total. The summed E-state index contributed by atoms with van der Waals surface area (Å²) in [6.45, 7) is 1.82. The van der Waals surface area contributed by atoms with E-state index in [2.05, 4.69) is 17.2 Å². The Kier molecular flexibility index (Phi) is 4.86. The molecule has 1 N–H and O–H groups in total. The average molecular weight is 205 g/mol. The average Bonchev–Trinajstić information content (AvgIpc) is 2.26. The van der Waals surface area contributed by atoms with Crippen LogP contribution in [0.2, 0.25) is 0 Å². The van der Waals surface area contributed by atoms with E-state index in [1.807, 2.05) is 26.1 Å². The van der Waals surface area contributed by atoms with Crippen molar-refractivity contribution in [3.63, 3.8) is 0 Å². The fraction of sp³-hybridized carbons (Fsp3) is 0.385. The van der Waals surface area contributed by atoms with Gasteiger partial charge in [0.15, 0.2) is 0 Å². The topological polar surface area (TPSA) is 12.0 Å². The SMILES string of the molecule is CC#CCCC(NC)c1ccccc1F. The molecule has 0 saturated heterocycles. The third-order valence-electron chi connectivity index (χ3n) is 2.36. The number of halogens is 1. The molecule has 1 aromatic rings. The summed E-state index contributed by atoms with van der Waals surface area (Å²) in [5, 5.41) is 3.11. The van der Waals surface area contributed by atoms with Crippen LogP contribution < -0.4 is 5.32 Å². The largest absolute Gasteiger partial charge is 0.313 e. The molecular weight excluding hydrogens is 189 g/mol. The second kappa shape index (κ2) is 6.21. The minimum absolute atomic E-state index is 0.0482. The van der Waals surface area contributed by atoms with Gasteiger partial charge in [-0.25, -0.2) is 4.39 Å². The van der Waals surface area contributed by atoms with Crippen molar-refractivity contribution in [2.75, 3.05) is 7.05 Å². The highest BCUT2D eigenvalue weighted by molar-refractivity contribution is 5.21. The van der Waals surface area contributed by atoms with Gasteiger partial charge in [-0.3, -0.25) is 0 Å². The fourth-order valence-corrected chi connectivity index (χ4v) is 1.55. The lowest BCUT2D eigenvalue weighted by Crippen LogP contribution is -2.17. The number of hydrogen-bond acceptors (Lipinski definition) is 1. The van der Waals surface area contributed by atoms with Crippen molar-refractivity contribution >= 4 is 0 Å². The molecule has 1 rings (SSSR count). The Morgan fingerprint density at radius 1 is 1.40 bits per heavy atom. The maximum Gasteiger partial charge on any atom is 0.127 e. The van der Waals surface area contributed by atoms with Crippen LogP contribution in [0.25, 0.3) is 0 Å². The third kappa shape index (κ3) is 3.38. The molecule has 0 aromatic heterocycles. The Labute approximate surface area is 90.7 Å². The normalized spacial score (nSPS) is 11.7.